The van der Waals surface area contributed by atoms with Gasteiger partial charge in [0.2, 0.25) is 0 Å². The van der Waals surface area contributed by atoms with Crippen LogP contribution in [0.4, 0.5) is 0 Å². The lowest BCUT2D eigenvalue weighted by Crippen LogP contribution is -2.42. The van der Waals surface area contributed by atoms with E-state index in [0.29, 0.717) is 26.3 Å². The second-order valence-electron chi connectivity index (χ2n) is 5.14. The van der Waals surface area contributed by atoms with Gasteiger partial charge in [0.25, 0.3) is 5.91 Å². The number of carbonyl (C=O) groups is 2. The third-order valence-electron chi connectivity index (χ3n) is 3.65. The predicted molar refractivity (Wildman–Crippen MR) is 80.1 cm³/mol. The highest BCUT2D eigenvalue weighted by Gasteiger charge is 2.17. The summed E-state index contributed by atoms with van der Waals surface area (Å²) >= 11 is 0. The van der Waals surface area contributed by atoms with Gasteiger partial charge in [0, 0.05) is 37.5 Å². The van der Waals surface area contributed by atoms with Gasteiger partial charge in [-0.05, 0) is 19.9 Å². The molecule has 0 aliphatic carbocycles. The molecule has 1 aliphatic heterocycles. The zero-order valence-electron chi connectivity index (χ0n) is 13.2. The average Bonchev–Trinajstić information content (AvgIpc) is 2.76. The summed E-state index contributed by atoms with van der Waals surface area (Å²) in [5, 5.41) is 4.26. The Bertz CT molecular complexity index is 586. The van der Waals surface area contributed by atoms with Crippen LogP contribution in [0.25, 0.3) is 6.08 Å². The van der Waals surface area contributed by atoms with Crippen molar-refractivity contribution in [1.29, 1.82) is 0 Å². The van der Waals surface area contributed by atoms with Gasteiger partial charge >= 0.3 is 5.97 Å². The van der Waals surface area contributed by atoms with Crippen LogP contribution >= 0.6 is 0 Å². The quantitative estimate of drug-likeness (QED) is 0.596. The number of morpholine rings is 1. The van der Waals surface area contributed by atoms with Crippen LogP contribution in [0, 0.1) is 13.8 Å². The number of aromatic nitrogens is 2. The molecule has 2 heterocycles. The molecule has 0 radical (unpaired) electrons. The number of carbonyl (C=O) groups excluding carboxylic acids is 2. The second-order valence-corrected chi connectivity index (χ2v) is 5.14. The van der Waals surface area contributed by atoms with Gasteiger partial charge < -0.3 is 14.4 Å². The summed E-state index contributed by atoms with van der Waals surface area (Å²) in [6.07, 6.45) is 2.99. The van der Waals surface area contributed by atoms with Crippen molar-refractivity contribution in [2.45, 2.75) is 13.8 Å². The van der Waals surface area contributed by atoms with Crippen LogP contribution in [0.3, 0.4) is 0 Å². The van der Waals surface area contributed by atoms with E-state index in [1.165, 1.54) is 6.08 Å². The minimum Gasteiger partial charge on any atom is -0.452 e. The fraction of sp³-hybridized carbons (Fsp3) is 0.533. The van der Waals surface area contributed by atoms with Crippen molar-refractivity contribution >= 4 is 18.0 Å². The van der Waals surface area contributed by atoms with E-state index in [-0.39, 0.29) is 12.5 Å². The van der Waals surface area contributed by atoms with Crippen molar-refractivity contribution in [3.63, 3.8) is 0 Å². The molecule has 0 saturated carbocycles. The highest BCUT2D eigenvalue weighted by atomic mass is 16.5. The maximum absolute atomic E-state index is 11.8. The van der Waals surface area contributed by atoms with Crippen molar-refractivity contribution in [2.75, 3.05) is 32.9 Å². The zero-order valence-corrected chi connectivity index (χ0v) is 13.2. The normalized spacial score (nSPS) is 15.3. The molecule has 1 fully saturated rings. The Hall–Kier alpha value is -2.15. The third kappa shape index (κ3) is 3.94. The number of hydrogen-bond donors (Lipinski definition) is 0. The molecule has 7 heteroatoms. The number of aryl methyl sites for hydroxylation is 2. The molecule has 1 saturated heterocycles. The van der Waals surface area contributed by atoms with E-state index in [1.54, 1.807) is 15.7 Å². The van der Waals surface area contributed by atoms with Gasteiger partial charge in [0.05, 0.1) is 18.9 Å². The molecule has 0 atom stereocenters. The highest BCUT2D eigenvalue weighted by molar-refractivity contribution is 5.89. The lowest BCUT2D eigenvalue weighted by molar-refractivity contribution is -0.150. The lowest BCUT2D eigenvalue weighted by Gasteiger charge is -2.26. The van der Waals surface area contributed by atoms with Gasteiger partial charge in [-0.3, -0.25) is 9.48 Å². The molecule has 1 aromatic heterocycles. The number of esters is 1. The van der Waals surface area contributed by atoms with E-state index in [4.69, 9.17) is 9.47 Å². The highest BCUT2D eigenvalue weighted by Crippen LogP contribution is 2.13. The molecule has 7 nitrogen and oxygen atoms in total. The van der Waals surface area contributed by atoms with Gasteiger partial charge in [-0.2, -0.15) is 5.10 Å². The monoisotopic (exact) mass is 307 g/mol. The minimum absolute atomic E-state index is 0.196. The third-order valence-corrected chi connectivity index (χ3v) is 3.65. The maximum Gasteiger partial charge on any atom is 0.331 e. The largest absolute Gasteiger partial charge is 0.452 e. The first kappa shape index (κ1) is 16.2. The van der Waals surface area contributed by atoms with Gasteiger partial charge in [-0.15, -0.1) is 0 Å². The van der Waals surface area contributed by atoms with E-state index in [1.807, 2.05) is 20.9 Å². The van der Waals surface area contributed by atoms with Gasteiger partial charge in [-0.25, -0.2) is 4.79 Å². The Labute approximate surface area is 129 Å². The van der Waals surface area contributed by atoms with Gasteiger partial charge in [0.1, 0.15) is 0 Å². The van der Waals surface area contributed by atoms with Crippen LogP contribution in [-0.4, -0.2) is 59.5 Å². The molecule has 2 rings (SSSR count). The Morgan fingerprint density at radius 2 is 2.00 bits per heavy atom. The zero-order chi connectivity index (χ0) is 16.1. The summed E-state index contributed by atoms with van der Waals surface area (Å²) in [6, 6.07) is 0. The van der Waals surface area contributed by atoms with Crippen LogP contribution in [0.5, 0.6) is 0 Å². The standard InChI is InChI=1S/C15H21N3O4/c1-11-13(12(2)17(3)16-11)4-5-15(20)22-10-14(19)18-6-8-21-9-7-18/h4-5H,6-10H2,1-3H3/b5-4+. The first-order valence-electron chi connectivity index (χ1n) is 7.19. The van der Waals surface area contributed by atoms with E-state index in [9.17, 15) is 9.59 Å². The van der Waals surface area contributed by atoms with Crippen molar-refractivity contribution in [1.82, 2.24) is 14.7 Å². The topological polar surface area (TPSA) is 73.7 Å². The number of ether oxygens (including phenoxy) is 2. The SMILES string of the molecule is Cc1nn(C)c(C)c1/C=C/C(=O)OCC(=O)N1CCOCC1. The molecular formula is C15H21N3O4. The number of hydrogen-bond acceptors (Lipinski definition) is 5. The molecule has 0 unspecified atom stereocenters. The summed E-state index contributed by atoms with van der Waals surface area (Å²) in [4.78, 5) is 25.2. The minimum atomic E-state index is -0.538. The van der Waals surface area contributed by atoms with E-state index in [2.05, 4.69) is 5.10 Å². The lowest BCUT2D eigenvalue weighted by atomic mass is 10.2. The number of nitrogens with zero attached hydrogens (tertiary/aromatic N) is 3. The van der Waals surface area contributed by atoms with Gasteiger partial charge in [-0.1, -0.05) is 0 Å². The van der Waals surface area contributed by atoms with Crippen LogP contribution in [-0.2, 0) is 26.1 Å². The van der Waals surface area contributed by atoms with Crippen LogP contribution in [0.1, 0.15) is 17.0 Å². The molecule has 0 spiro atoms. The molecule has 0 N–H and O–H groups in total. The molecule has 1 aliphatic rings. The Kier molecular flexibility index (Phi) is 5.32. The summed E-state index contributed by atoms with van der Waals surface area (Å²) in [5.41, 5.74) is 2.69. The second kappa shape index (κ2) is 7.22. The summed E-state index contributed by atoms with van der Waals surface area (Å²) < 4.78 is 11.9. The van der Waals surface area contributed by atoms with Crippen LogP contribution < -0.4 is 0 Å². The summed E-state index contributed by atoms with van der Waals surface area (Å²) in [7, 11) is 1.85. The van der Waals surface area contributed by atoms with E-state index >= 15 is 0 Å². The molecule has 22 heavy (non-hydrogen) atoms. The molecule has 120 valence electrons. The Morgan fingerprint density at radius 3 is 2.59 bits per heavy atom. The molecular weight excluding hydrogens is 286 g/mol. The maximum atomic E-state index is 11.8. The van der Waals surface area contributed by atoms with Crippen molar-refractivity contribution < 1.29 is 19.1 Å². The fourth-order valence-electron chi connectivity index (χ4n) is 2.27. The summed E-state index contributed by atoms with van der Waals surface area (Å²) in [5.74, 6) is -0.733. The molecule has 1 amide bonds. The van der Waals surface area contributed by atoms with Crippen molar-refractivity contribution in [2.24, 2.45) is 7.05 Å². The van der Waals surface area contributed by atoms with E-state index < -0.39 is 5.97 Å². The van der Waals surface area contributed by atoms with Gasteiger partial charge in [0.15, 0.2) is 6.61 Å². The van der Waals surface area contributed by atoms with E-state index in [0.717, 1.165) is 17.0 Å². The van der Waals surface area contributed by atoms with Crippen LogP contribution in [0.15, 0.2) is 6.08 Å². The Morgan fingerprint density at radius 1 is 1.32 bits per heavy atom. The number of rotatable bonds is 4. The molecule has 1 aromatic rings. The summed E-state index contributed by atoms with van der Waals surface area (Å²) in [6.45, 7) is 5.69. The molecule has 0 aromatic carbocycles. The fourth-order valence-corrected chi connectivity index (χ4v) is 2.27. The first-order valence-corrected chi connectivity index (χ1v) is 7.19. The predicted octanol–water partition coefficient (Wildman–Crippen LogP) is 0.452. The number of amides is 1. The Balaban J connectivity index is 1.84. The first-order chi connectivity index (χ1) is 10.5. The average molecular weight is 307 g/mol. The smallest absolute Gasteiger partial charge is 0.331 e. The van der Waals surface area contributed by atoms with Crippen molar-refractivity contribution in [3.05, 3.63) is 23.0 Å². The van der Waals surface area contributed by atoms with Crippen LogP contribution in [0.2, 0.25) is 0 Å². The molecule has 0 bridgehead atoms. The van der Waals surface area contributed by atoms with Crippen molar-refractivity contribution in [3.8, 4) is 0 Å².